The average molecular weight is 286 g/mol. The van der Waals surface area contributed by atoms with E-state index in [4.69, 9.17) is 4.74 Å². The third-order valence-electron chi connectivity index (χ3n) is 3.63. The highest BCUT2D eigenvalue weighted by molar-refractivity contribution is 5.84. The number of benzene rings is 1. The number of hydrogen-bond donors (Lipinski definition) is 1. The molecule has 2 atom stereocenters. The summed E-state index contributed by atoms with van der Waals surface area (Å²) in [5, 5.41) is 4.64. The fourth-order valence-corrected chi connectivity index (χ4v) is 2.47. The molecule has 0 radical (unpaired) electrons. The minimum Gasteiger partial charge on any atom is -0.487 e. The van der Waals surface area contributed by atoms with Gasteiger partial charge in [0.2, 0.25) is 0 Å². The van der Waals surface area contributed by atoms with Crippen LogP contribution in [0.2, 0.25) is 0 Å². The first-order chi connectivity index (χ1) is 10.1. The van der Waals surface area contributed by atoms with Crippen LogP contribution in [-0.4, -0.2) is 23.7 Å². The van der Waals surface area contributed by atoms with Gasteiger partial charge in [-0.15, -0.1) is 0 Å². The lowest BCUT2D eigenvalue weighted by atomic mass is 10.2. The fraction of sp³-hybridized carbons (Fsp3) is 0.500. The number of pyridine rings is 1. The van der Waals surface area contributed by atoms with Crippen molar-refractivity contribution in [1.82, 2.24) is 10.3 Å². The topological polar surface area (TPSA) is 34.1 Å². The van der Waals surface area contributed by atoms with Crippen molar-refractivity contribution in [3.63, 3.8) is 0 Å². The molecule has 0 saturated carbocycles. The molecule has 21 heavy (non-hydrogen) atoms. The predicted octanol–water partition coefficient (Wildman–Crippen LogP) is 4.09. The summed E-state index contributed by atoms with van der Waals surface area (Å²) in [7, 11) is 0. The second-order valence-electron chi connectivity index (χ2n) is 5.81. The summed E-state index contributed by atoms with van der Waals surface area (Å²) in [5.74, 6) is 0.869. The summed E-state index contributed by atoms with van der Waals surface area (Å²) >= 11 is 0. The van der Waals surface area contributed by atoms with E-state index < -0.39 is 0 Å². The Morgan fingerprint density at radius 1 is 1.19 bits per heavy atom. The van der Waals surface area contributed by atoms with Gasteiger partial charge in [-0.25, -0.2) is 4.98 Å². The second-order valence-corrected chi connectivity index (χ2v) is 5.81. The number of hydrogen-bond acceptors (Lipinski definition) is 3. The summed E-state index contributed by atoms with van der Waals surface area (Å²) in [4.78, 5) is 4.61. The van der Waals surface area contributed by atoms with Gasteiger partial charge in [0, 0.05) is 23.7 Å². The van der Waals surface area contributed by atoms with E-state index in [-0.39, 0.29) is 6.10 Å². The number of nitrogens with one attached hydrogen (secondary N) is 1. The number of rotatable bonds is 7. The number of nitrogens with zero attached hydrogens (tertiary/aromatic N) is 1. The van der Waals surface area contributed by atoms with Gasteiger partial charge in [-0.2, -0.15) is 0 Å². The molecule has 2 rings (SSSR count). The highest BCUT2D eigenvalue weighted by Crippen LogP contribution is 2.24. The van der Waals surface area contributed by atoms with Crippen LogP contribution in [0, 0.1) is 6.92 Å². The zero-order valence-corrected chi connectivity index (χ0v) is 13.5. The van der Waals surface area contributed by atoms with Crippen molar-refractivity contribution < 1.29 is 4.74 Å². The lowest BCUT2D eigenvalue weighted by Crippen LogP contribution is -2.35. The maximum Gasteiger partial charge on any atom is 0.146 e. The molecule has 114 valence electrons. The Morgan fingerprint density at radius 3 is 2.76 bits per heavy atom. The van der Waals surface area contributed by atoms with Crippen molar-refractivity contribution >= 4 is 10.9 Å². The zero-order chi connectivity index (χ0) is 15.2. The first-order valence-corrected chi connectivity index (χ1v) is 7.86. The molecule has 0 aliphatic carbocycles. The van der Waals surface area contributed by atoms with Crippen LogP contribution in [0.15, 0.2) is 30.3 Å². The SMILES string of the molecule is CCCC(C)NCC(C)Oc1cccc2ccc(C)nc12. The number of para-hydroxylation sites is 1. The molecule has 2 unspecified atom stereocenters. The Morgan fingerprint density at radius 2 is 2.00 bits per heavy atom. The molecule has 0 aliphatic heterocycles. The molecule has 1 aromatic heterocycles. The zero-order valence-electron chi connectivity index (χ0n) is 13.5. The molecule has 0 saturated heterocycles. The molecule has 1 heterocycles. The van der Waals surface area contributed by atoms with Crippen molar-refractivity contribution in [3.8, 4) is 5.75 Å². The van der Waals surface area contributed by atoms with Crippen LogP contribution in [0.3, 0.4) is 0 Å². The summed E-state index contributed by atoms with van der Waals surface area (Å²) in [5.41, 5.74) is 1.96. The molecule has 0 bridgehead atoms. The van der Waals surface area contributed by atoms with Gasteiger partial charge < -0.3 is 10.1 Å². The third-order valence-corrected chi connectivity index (χ3v) is 3.63. The molecule has 0 fully saturated rings. The summed E-state index contributed by atoms with van der Waals surface area (Å²) in [6, 6.07) is 10.8. The van der Waals surface area contributed by atoms with Gasteiger partial charge in [-0.1, -0.05) is 31.5 Å². The van der Waals surface area contributed by atoms with E-state index in [2.05, 4.69) is 43.2 Å². The smallest absolute Gasteiger partial charge is 0.146 e. The molecule has 1 aromatic carbocycles. The minimum absolute atomic E-state index is 0.122. The van der Waals surface area contributed by atoms with Crippen molar-refractivity contribution in [1.29, 1.82) is 0 Å². The fourth-order valence-electron chi connectivity index (χ4n) is 2.47. The van der Waals surface area contributed by atoms with Crippen LogP contribution < -0.4 is 10.1 Å². The van der Waals surface area contributed by atoms with Gasteiger partial charge in [-0.05, 0) is 39.3 Å². The van der Waals surface area contributed by atoms with E-state index in [0.29, 0.717) is 6.04 Å². The van der Waals surface area contributed by atoms with E-state index in [1.165, 1.54) is 12.8 Å². The maximum absolute atomic E-state index is 6.09. The van der Waals surface area contributed by atoms with Crippen molar-refractivity contribution in [2.75, 3.05) is 6.54 Å². The van der Waals surface area contributed by atoms with Gasteiger partial charge in [-0.3, -0.25) is 0 Å². The highest BCUT2D eigenvalue weighted by atomic mass is 16.5. The Balaban J connectivity index is 2.04. The normalized spacial score (nSPS) is 14.1. The number of fused-ring (bicyclic) bond motifs is 1. The first kappa shape index (κ1) is 15.8. The van der Waals surface area contributed by atoms with E-state index in [9.17, 15) is 0 Å². The first-order valence-electron chi connectivity index (χ1n) is 7.86. The number of aromatic nitrogens is 1. The summed E-state index contributed by atoms with van der Waals surface area (Å²) in [6.07, 6.45) is 2.52. The highest BCUT2D eigenvalue weighted by Gasteiger charge is 2.10. The van der Waals surface area contributed by atoms with E-state index in [1.807, 2.05) is 25.1 Å². The van der Waals surface area contributed by atoms with Gasteiger partial charge >= 0.3 is 0 Å². The molecule has 0 spiro atoms. The largest absolute Gasteiger partial charge is 0.487 e. The van der Waals surface area contributed by atoms with Crippen LogP contribution in [0.1, 0.15) is 39.3 Å². The number of ether oxygens (including phenoxy) is 1. The van der Waals surface area contributed by atoms with E-state index in [0.717, 1.165) is 28.9 Å². The Bertz CT molecular complexity index is 582. The molecular formula is C18H26N2O. The van der Waals surface area contributed by atoms with Crippen LogP contribution in [-0.2, 0) is 0 Å². The van der Waals surface area contributed by atoms with Gasteiger partial charge in [0.15, 0.2) is 0 Å². The lowest BCUT2D eigenvalue weighted by molar-refractivity contribution is 0.213. The molecule has 3 heteroatoms. The predicted molar refractivity (Wildman–Crippen MR) is 88.9 cm³/mol. The van der Waals surface area contributed by atoms with Crippen LogP contribution >= 0.6 is 0 Å². The Hall–Kier alpha value is -1.61. The Kier molecular flexibility index (Phi) is 5.57. The molecular weight excluding hydrogens is 260 g/mol. The summed E-state index contributed by atoms with van der Waals surface area (Å²) < 4.78 is 6.09. The van der Waals surface area contributed by atoms with Crippen LogP contribution in [0.4, 0.5) is 0 Å². The molecule has 1 N–H and O–H groups in total. The number of aryl methyl sites for hydroxylation is 1. The molecule has 2 aromatic rings. The molecule has 3 nitrogen and oxygen atoms in total. The van der Waals surface area contributed by atoms with Gasteiger partial charge in [0.1, 0.15) is 17.4 Å². The Labute approximate surface area is 127 Å². The van der Waals surface area contributed by atoms with Crippen molar-refractivity contribution in [2.45, 2.75) is 52.7 Å². The van der Waals surface area contributed by atoms with Crippen LogP contribution in [0.5, 0.6) is 5.75 Å². The van der Waals surface area contributed by atoms with Gasteiger partial charge in [0.05, 0.1) is 0 Å². The third kappa shape index (κ3) is 4.43. The van der Waals surface area contributed by atoms with Crippen molar-refractivity contribution in [2.24, 2.45) is 0 Å². The monoisotopic (exact) mass is 286 g/mol. The maximum atomic E-state index is 6.09. The average Bonchev–Trinajstić information content (AvgIpc) is 2.46. The van der Waals surface area contributed by atoms with Crippen LogP contribution in [0.25, 0.3) is 10.9 Å². The molecule has 0 aliphatic rings. The van der Waals surface area contributed by atoms with Crippen molar-refractivity contribution in [3.05, 3.63) is 36.0 Å². The van der Waals surface area contributed by atoms with Gasteiger partial charge in [0.25, 0.3) is 0 Å². The minimum atomic E-state index is 0.122. The standard InChI is InChI=1S/C18H26N2O/c1-5-7-13(2)19-12-15(4)21-17-9-6-8-16-11-10-14(3)20-18(16)17/h6,8-11,13,15,19H,5,7,12H2,1-4H3. The van der Waals surface area contributed by atoms with E-state index in [1.54, 1.807) is 0 Å². The summed E-state index contributed by atoms with van der Waals surface area (Å²) in [6.45, 7) is 9.39. The lowest BCUT2D eigenvalue weighted by Gasteiger charge is -2.19. The molecule has 0 amide bonds. The van der Waals surface area contributed by atoms with E-state index >= 15 is 0 Å². The second kappa shape index (κ2) is 7.41. The quantitative estimate of drug-likeness (QED) is 0.832.